The van der Waals surface area contributed by atoms with Crippen LogP contribution in [0.15, 0.2) is 18.2 Å². The Morgan fingerprint density at radius 3 is 2.53 bits per heavy atom. The Morgan fingerprint density at radius 2 is 1.94 bits per heavy atom. The van der Waals surface area contributed by atoms with Gasteiger partial charge in [-0.1, -0.05) is 19.9 Å². The molecule has 1 aromatic carbocycles. The van der Waals surface area contributed by atoms with E-state index in [0.29, 0.717) is 12.5 Å². The number of hydrogen-bond acceptors (Lipinski definition) is 1. The van der Waals surface area contributed by atoms with E-state index in [-0.39, 0.29) is 0 Å². The van der Waals surface area contributed by atoms with E-state index in [9.17, 15) is 0 Å². The van der Waals surface area contributed by atoms with Gasteiger partial charge in [0, 0.05) is 29.7 Å². The molecule has 0 saturated heterocycles. The van der Waals surface area contributed by atoms with Gasteiger partial charge in [-0.2, -0.15) is 0 Å². The molecule has 0 saturated carbocycles. The molecule has 1 heterocycles. The molecule has 0 amide bonds. The first kappa shape index (κ1) is 12.2. The van der Waals surface area contributed by atoms with Crippen LogP contribution < -0.4 is 5.73 Å². The molecule has 1 aromatic heterocycles. The SMILES string of the molecule is Cc1c(C)n(CCN)c2ccc(C(C)C)cc12. The summed E-state index contributed by atoms with van der Waals surface area (Å²) in [6.07, 6.45) is 0. The summed E-state index contributed by atoms with van der Waals surface area (Å²) < 4.78 is 2.33. The predicted octanol–water partition coefficient (Wildman–Crippen LogP) is 3.34. The standard InChI is InChI=1S/C15H22N2/c1-10(2)13-5-6-15-14(9-13)11(3)12(4)17(15)8-7-16/h5-6,9-10H,7-8,16H2,1-4H3. The number of fused-ring (bicyclic) bond motifs is 1. The third kappa shape index (κ3) is 1.98. The predicted molar refractivity (Wildman–Crippen MR) is 74.6 cm³/mol. The van der Waals surface area contributed by atoms with Gasteiger partial charge in [0.2, 0.25) is 0 Å². The number of benzene rings is 1. The van der Waals surface area contributed by atoms with E-state index in [4.69, 9.17) is 5.73 Å². The van der Waals surface area contributed by atoms with Crippen LogP contribution >= 0.6 is 0 Å². The van der Waals surface area contributed by atoms with Crippen LogP contribution in [0, 0.1) is 13.8 Å². The Kier molecular flexibility index (Phi) is 3.25. The van der Waals surface area contributed by atoms with Gasteiger partial charge in [-0.3, -0.25) is 0 Å². The Balaban J connectivity index is 2.67. The van der Waals surface area contributed by atoms with Crippen molar-refractivity contribution in [2.24, 2.45) is 5.73 Å². The molecule has 0 unspecified atom stereocenters. The lowest BCUT2D eigenvalue weighted by Gasteiger charge is -2.08. The quantitative estimate of drug-likeness (QED) is 0.861. The summed E-state index contributed by atoms with van der Waals surface area (Å²) in [7, 11) is 0. The first-order valence-corrected chi connectivity index (χ1v) is 6.35. The van der Waals surface area contributed by atoms with Crippen LogP contribution in [-0.4, -0.2) is 11.1 Å². The van der Waals surface area contributed by atoms with Gasteiger partial charge in [0.1, 0.15) is 0 Å². The maximum absolute atomic E-state index is 5.69. The number of aryl methyl sites for hydroxylation is 1. The highest BCUT2D eigenvalue weighted by Crippen LogP contribution is 2.28. The van der Waals surface area contributed by atoms with E-state index < -0.39 is 0 Å². The highest BCUT2D eigenvalue weighted by atomic mass is 15.0. The first-order chi connectivity index (χ1) is 8.06. The fourth-order valence-electron chi connectivity index (χ4n) is 2.44. The van der Waals surface area contributed by atoms with Crippen LogP contribution in [0.3, 0.4) is 0 Å². The van der Waals surface area contributed by atoms with Crippen LogP contribution in [0.1, 0.15) is 36.6 Å². The molecule has 17 heavy (non-hydrogen) atoms. The normalized spacial score (nSPS) is 11.6. The first-order valence-electron chi connectivity index (χ1n) is 6.35. The second-order valence-corrected chi connectivity index (χ2v) is 5.08. The van der Waals surface area contributed by atoms with Crippen molar-refractivity contribution in [2.45, 2.75) is 40.2 Å². The smallest absolute Gasteiger partial charge is 0.0485 e. The van der Waals surface area contributed by atoms with Crippen molar-refractivity contribution < 1.29 is 0 Å². The van der Waals surface area contributed by atoms with Gasteiger partial charge in [0.25, 0.3) is 0 Å². The molecular weight excluding hydrogens is 208 g/mol. The molecule has 0 fully saturated rings. The van der Waals surface area contributed by atoms with Gasteiger partial charge >= 0.3 is 0 Å². The maximum atomic E-state index is 5.69. The highest BCUT2D eigenvalue weighted by molar-refractivity contribution is 5.86. The van der Waals surface area contributed by atoms with E-state index >= 15 is 0 Å². The Hall–Kier alpha value is -1.28. The third-order valence-electron chi connectivity index (χ3n) is 3.68. The van der Waals surface area contributed by atoms with Gasteiger partial charge in [-0.05, 0) is 43.0 Å². The second kappa shape index (κ2) is 4.53. The molecule has 0 atom stereocenters. The Labute approximate surface area is 103 Å². The van der Waals surface area contributed by atoms with Crippen molar-refractivity contribution in [1.82, 2.24) is 4.57 Å². The molecule has 2 heteroatoms. The zero-order valence-corrected chi connectivity index (χ0v) is 11.2. The molecular formula is C15H22N2. The highest BCUT2D eigenvalue weighted by Gasteiger charge is 2.11. The zero-order valence-electron chi connectivity index (χ0n) is 11.2. The topological polar surface area (TPSA) is 30.9 Å². The zero-order chi connectivity index (χ0) is 12.6. The van der Waals surface area contributed by atoms with Crippen molar-refractivity contribution in [3.63, 3.8) is 0 Å². The van der Waals surface area contributed by atoms with Crippen LogP contribution in [-0.2, 0) is 6.54 Å². The molecule has 0 radical (unpaired) electrons. The number of nitrogens with zero attached hydrogens (tertiary/aromatic N) is 1. The van der Waals surface area contributed by atoms with E-state index in [1.54, 1.807) is 0 Å². The van der Waals surface area contributed by atoms with E-state index in [0.717, 1.165) is 6.54 Å². The van der Waals surface area contributed by atoms with Gasteiger partial charge < -0.3 is 10.3 Å². The van der Waals surface area contributed by atoms with E-state index in [1.807, 2.05) is 0 Å². The van der Waals surface area contributed by atoms with Crippen LogP contribution in [0.4, 0.5) is 0 Å². The average molecular weight is 230 g/mol. The van der Waals surface area contributed by atoms with Crippen LogP contribution in [0.5, 0.6) is 0 Å². The summed E-state index contributed by atoms with van der Waals surface area (Å²) >= 11 is 0. The number of hydrogen-bond donors (Lipinski definition) is 1. The fraction of sp³-hybridized carbons (Fsp3) is 0.467. The van der Waals surface area contributed by atoms with Crippen LogP contribution in [0.2, 0.25) is 0 Å². The molecule has 0 aliphatic rings. The summed E-state index contributed by atoms with van der Waals surface area (Å²) in [5.74, 6) is 0.581. The minimum Gasteiger partial charge on any atom is -0.343 e. The van der Waals surface area contributed by atoms with Gasteiger partial charge in [0.05, 0.1) is 0 Å². The summed E-state index contributed by atoms with van der Waals surface area (Å²) in [6, 6.07) is 6.80. The maximum Gasteiger partial charge on any atom is 0.0485 e. The summed E-state index contributed by atoms with van der Waals surface area (Å²) in [5.41, 5.74) is 11.1. The fourth-order valence-corrected chi connectivity index (χ4v) is 2.44. The van der Waals surface area contributed by atoms with Crippen molar-refractivity contribution in [1.29, 1.82) is 0 Å². The molecule has 92 valence electrons. The summed E-state index contributed by atoms with van der Waals surface area (Å²) in [5, 5.41) is 1.38. The van der Waals surface area contributed by atoms with Crippen LogP contribution in [0.25, 0.3) is 10.9 Å². The summed E-state index contributed by atoms with van der Waals surface area (Å²) in [4.78, 5) is 0. The molecule has 0 aliphatic heterocycles. The largest absolute Gasteiger partial charge is 0.343 e. The van der Waals surface area contributed by atoms with Crippen molar-refractivity contribution in [3.05, 3.63) is 35.0 Å². The average Bonchev–Trinajstić information content (AvgIpc) is 2.54. The van der Waals surface area contributed by atoms with Crippen molar-refractivity contribution in [2.75, 3.05) is 6.54 Å². The Bertz CT molecular complexity index is 535. The monoisotopic (exact) mass is 230 g/mol. The lowest BCUT2D eigenvalue weighted by atomic mass is 10.0. The van der Waals surface area contributed by atoms with Gasteiger partial charge in [0.15, 0.2) is 0 Å². The molecule has 0 bridgehead atoms. The van der Waals surface area contributed by atoms with E-state index in [2.05, 4.69) is 50.5 Å². The molecule has 2 aromatic rings. The number of rotatable bonds is 3. The second-order valence-electron chi connectivity index (χ2n) is 5.08. The lowest BCUT2D eigenvalue weighted by molar-refractivity contribution is 0.713. The molecule has 2 rings (SSSR count). The third-order valence-corrected chi connectivity index (χ3v) is 3.68. The minimum atomic E-state index is 0.581. The van der Waals surface area contributed by atoms with E-state index in [1.165, 1.54) is 27.7 Å². The number of aromatic nitrogens is 1. The molecule has 2 N–H and O–H groups in total. The lowest BCUT2D eigenvalue weighted by Crippen LogP contribution is -2.10. The molecule has 0 aliphatic carbocycles. The minimum absolute atomic E-state index is 0.581. The molecule has 0 spiro atoms. The van der Waals surface area contributed by atoms with Gasteiger partial charge in [-0.15, -0.1) is 0 Å². The van der Waals surface area contributed by atoms with Gasteiger partial charge in [-0.25, -0.2) is 0 Å². The molecule has 2 nitrogen and oxygen atoms in total. The van der Waals surface area contributed by atoms with Crippen molar-refractivity contribution >= 4 is 10.9 Å². The van der Waals surface area contributed by atoms with Crippen molar-refractivity contribution in [3.8, 4) is 0 Å². The summed E-state index contributed by atoms with van der Waals surface area (Å²) in [6.45, 7) is 10.4. The Morgan fingerprint density at radius 1 is 1.24 bits per heavy atom. The number of nitrogens with two attached hydrogens (primary N) is 1.